The summed E-state index contributed by atoms with van der Waals surface area (Å²) in [5, 5.41) is 3.65. The van der Waals surface area contributed by atoms with Gasteiger partial charge in [-0.15, -0.1) is 0 Å². The Morgan fingerprint density at radius 2 is 1.95 bits per heavy atom. The minimum atomic E-state index is -3.76. The Bertz CT molecular complexity index is 740. The highest BCUT2D eigenvalue weighted by Gasteiger charge is 2.17. The minimum absolute atomic E-state index is 0.0812. The number of nitrogens with zero attached hydrogens (tertiary/aromatic N) is 2. The molecular formula is C12H13ClN2O4S. The smallest absolute Gasteiger partial charge is 0.264 e. The van der Waals surface area contributed by atoms with E-state index in [1.54, 1.807) is 26.8 Å². The SMILES string of the molecule is Cc1noc(COc2ccc(S(=O)(=O)Cl)c(C)c2C)n1. The van der Waals surface area contributed by atoms with Crippen molar-refractivity contribution in [3.05, 3.63) is 35.0 Å². The number of benzene rings is 1. The van der Waals surface area contributed by atoms with Gasteiger partial charge in [0.1, 0.15) is 5.75 Å². The first-order chi connectivity index (χ1) is 9.29. The molecule has 108 valence electrons. The number of ether oxygens (including phenoxy) is 1. The topological polar surface area (TPSA) is 82.3 Å². The third-order valence-corrected chi connectivity index (χ3v) is 4.34. The van der Waals surface area contributed by atoms with Crippen LogP contribution in [0.1, 0.15) is 22.8 Å². The molecule has 2 aromatic rings. The van der Waals surface area contributed by atoms with Gasteiger partial charge in [-0.3, -0.25) is 0 Å². The van der Waals surface area contributed by atoms with E-state index in [1.165, 1.54) is 6.07 Å². The summed E-state index contributed by atoms with van der Waals surface area (Å²) in [5.41, 5.74) is 1.25. The van der Waals surface area contributed by atoms with E-state index in [9.17, 15) is 8.42 Å². The number of aromatic nitrogens is 2. The summed E-state index contributed by atoms with van der Waals surface area (Å²) in [4.78, 5) is 4.10. The van der Waals surface area contributed by atoms with Crippen LogP contribution in [0.15, 0.2) is 21.6 Å². The number of hydrogen-bond acceptors (Lipinski definition) is 6. The van der Waals surface area contributed by atoms with Crippen LogP contribution in [0.3, 0.4) is 0 Å². The van der Waals surface area contributed by atoms with Crippen LogP contribution in [0.5, 0.6) is 5.75 Å². The molecule has 1 aromatic carbocycles. The second kappa shape index (κ2) is 5.41. The average molecular weight is 317 g/mol. The Morgan fingerprint density at radius 3 is 2.50 bits per heavy atom. The van der Waals surface area contributed by atoms with Crippen LogP contribution in [0.2, 0.25) is 0 Å². The monoisotopic (exact) mass is 316 g/mol. The van der Waals surface area contributed by atoms with Crippen molar-refractivity contribution in [3.8, 4) is 5.75 Å². The molecule has 1 heterocycles. The molecule has 0 fully saturated rings. The van der Waals surface area contributed by atoms with Crippen molar-refractivity contribution in [3.63, 3.8) is 0 Å². The van der Waals surface area contributed by atoms with E-state index in [4.69, 9.17) is 19.9 Å². The van der Waals surface area contributed by atoms with Crippen molar-refractivity contribution in [2.45, 2.75) is 32.3 Å². The summed E-state index contributed by atoms with van der Waals surface area (Å²) in [6, 6.07) is 2.97. The molecule has 0 saturated carbocycles. The molecule has 0 aliphatic heterocycles. The maximum atomic E-state index is 11.4. The fraction of sp³-hybridized carbons (Fsp3) is 0.333. The lowest BCUT2D eigenvalue weighted by Gasteiger charge is -2.11. The predicted octanol–water partition coefficient (Wildman–Crippen LogP) is 2.50. The van der Waals surface area contributed by atoms with Crippen molar-refractivity contribution in [1.82, 2.24) is 10.1 Å². The molecule has 0 aliphatic rings. The first-order valence-electron chi connectivity index (χ1n) is 5.76. The number of aryl methyl sites for hydroxylation is 1. The number of halogens is 1. The molecule has 1 aromatic heterocycles. The third kappa shape index (κ3) is 3.10. The van der Waals surface area contributed by atoms with E-state index >= 15 is 0 Å². The van der Waals surface area contributed by atoms with Gasteiger partial charge in [0.05, 0.1) is 4.90 Å². The third-order valence-electron chi connectivity index (χ3n) is 2.87. The summed E-state index contributed by atoms with van der Waals surface area (Å²) >= 11 is 0. The fourth-order valence-corrected chi connectivity index (χ4v) is 2.98. The van der Waals surface area contributed by atoms with E-state index in [0.717, 1.165) is 0 Å². The Labute approximate surface area is 121 Å². The van der Waals surface area contributed by atoms with Gasteiger partial charge in [0, 0.05) is 10.7 Å². The summed E-state index contributed by atoms with van der Waals surface area (Å²) < 4.78 is 33.3. The maximum absolute atomic E-state index is 11.4. The van der Waals surface area contributed by atoms with E-state index < -0.39 is 9.05 Å². The molecule has 6 nitrogen and oxygen atoms in total. The van der Waals surface area contributed by atoms with E-state index in [-0.39, 0.29) is 11.5 Å². The van der Waals surface area contributed by atoms with Crippen LogP contribution in [0.25, 0.3) is 0 Å². The number of rotatable bonds is 4. The van der Waals surface area contributed by atoms with Crippen molar-refractivity contribution in [1.29, 1.82) is 0 Å². The summed E-state index contributed by atoms with van der Waals surface area (Å²) in [6.07, 6.45) is 0. The van der Waals surface area contributed by atoms with Gasteiger partial charge in [-0.1, -0.05) is 5.16 Å². The summed E-state index contributed by atoms with van der Waals surface area (Å²) in [5.74, 6) is 1.43. The fourth-order valence-electron chi connectivity index (χ4n) is 1.73. The molecule has 0 amide bonds. The highest BCUT2D eigenvalue weighted by Crippen LogP contribution is 2.29. The lowest BCUT2D eigenvalue weighted by Crippen LogP contribution is -2.02. The second-order valence-electron chi connectivity index (χ2n) is 4.27. The zero-order valence-corrected chi connectivity index (χ0v) is 12.7. The van der Waals surface area contributed by atoms with Crippen molar-refractivity contribution < 1.29 is 17.7 Å². The van der Waals surface area contributed by atoms with Crippen LogP contribution in [-0.4, -0.2) is 18.6 Å². The van der Waals surface area contributed by atoms with Gasteiger partial charge in [-0.25, -0.2) is 8.42 Å². The van der Waals surface area contributed by atoms with Crippen LogP contribution in [0.4, 0.5) is 0 Å². The lowest BCUT2D eigenvalue weighted by molar-refractivity contribution is 0.241. The van der Waals surface area contributed by atoms with Crippen LogP contribution < -0.4 is 4.74 Å². The van der Waals surface area contributed by atoms with Gasteiger partial charge in [-0.2, -0.15) is 4.98 Å². The van der Waals surface area contributed by atoms with E-state index in [0.29, 0.717) is 28.6 Å². The first-order valence-corrected chi connectivity index (χ1v) is 8.07. The van der Waals surface area contributed by atoms with Crippen molar-refractivity contribution in [2.24, 2.45) is 0 Å². The highest BCUT2D eigenvalue weighted by atomic mass is 35.7. The van der Waals surface area contributed by atoms with Crippen molar-refractivity contribution in [2.75, 3.05) is 0 Å². The molecular weight excluding hydrogens is 304 g/mol. The van der Waals surface area contributed by atoms with E-state index in [2.05, 4.69) is 10.1 Å². The van der Waals surface area contributed by atoms with Gasteiger partial charge in [0.2, 0.25) is 0 Å². The standard InChI is InChI=1S/C12H13ClN2O4S/c1-7-8(2)11(20(13,16)17)5-4-10(7)18-6-12-14-9(3)15-19-12/h4-5H,6H2,1-3H3. The lowest BCUT2D eigenvalue weighted by atomic mass is 10.1. The molecule has 0 unspecified atom stereocenters. The molecule has 0 saturated heterocycles. The minimum Gasteiger partial charge on any atom is -0.483 e. The van der Waals surface area contributed by atoms with Gasteiger partial charge in [0.25, 0.3) is 14.9 Å². The maximum Gasteiger partial charge on any atom is 0.264 e. The molecule has 0 aliphatic carbocycles. The largest absolute Gasteiger partial charge is 0.483 e. The summed E-state index contributed by atoms with van der Waals surface area (Å²) in [7, 11) is 1.60. The van der Waals surface area contributed by atoms with Gasteiger partial charge in [-0.05, 0) is 44.0 Å². The first kappa shape index (κ1) is 14.8. The highest BCUT2D eigenvalue weighted by molar-refractivity contribution is 8.13. The zero-order valence-electron chi connectivity index (χ0n) is 11.2. The van der Waals surface area contributed by atoms with Gasteiger partial charge in [0.15, 0.2) is 12.4 Å². The molecule has 0 N–H and O–H groups in total. The predicted molar refractivity (Wildman–Crippen MR) is 72.3 cm³/mol. The molecule has 2 rings (SSSR count). The number of hydrogen-bond donors (Lipinski definition) is 0. The normalized spacial score (nSPS) is 11.6. The van der Waals surface area contributed by atoms with E-state index in [1.807, 2.05) is 0 Å². The van der Waals surface area contributed by atoms with Crippen molar-refractivity contribution >= 4 is 19.7 Å². The Kier molecular flexibility index (Phi) is 4.01. The zero-order chi connectivity index (χ0) is 14.9. The average Bonchev–Trinajstić information content (AvgIpc) is 2.75. The Morgan fingerprint density at radius 1 is 1.25 bits per heavy atom. The molecule has 0 atom stereocenters. The van der Waals surface area contributed by atoms with Crippen LogP contribution in [0, 0.1) is 20.8 Å². The molecule has 0 radical (unpaired) electrons. The molecule has 0 spiro atoms. The second-order valence-corrected chi connectivity index (χ2v) is 6.81. The van der Waals surface area contributed by atoms with Gasteiger partial charge < -0.3 is 9.26 Å². The quantitative estimate of drug-likeness (QED) is 0.806. The molecule has 0 bridgehead atoms. The van der Waals surface area contributed by atoms with Gasteiger partial charge >= 0.3 is 0 Å². The summed E-state index contributed by atoms with van der Waals surface area (Å²) in [6.45, 7) is 5.26. The molecule has 20 heavy (non-hydrogen) atoms. The molecule has 8 heteroatoms. The van der Waals surface area contributed by atoms with Crippen LogP contribution in [-0.2, 0) is 15.7 Å². The van der Waals surface area contributed by atoms with Crippen LogP contribution >= 0.6 is 10.7 Å². The Balaban J connectivity index is 2.24. The Hall–Kier alpha value is -1.60.